The summed E-state index contributed by atoms with van der Waals surface area (Å²) < 4.78 is 25.0. The van der Waals surface area contributed by atoms with Crippen LogP contribution in [0.4, 0.5) is 4.39 Å². The van der Waals surface area contributed by atoms with Gasteiger partial charge in [0.05, 0.1) is 13.7 Å². The zero-order valence-electron chi connectivity index (χ0n) is 15.4. The van der Waals surface area contributed by atoms with Gasteiger partial charge in [0.25, 0.3) is 0 Å². The van der Waals surface area contributed by atoms with E-state index >= 15 is 0 Å². The summed E-state index contributed by atoms with van der Waals surface area (Å²) in [7, 11) is 1.53. The Kier molecular flexibility index (Phi) is 6.29. The van der Waals surface area contributed by atoms with Gasteiger partial charge in [0, 0.05) is 50.5 Å². The minimum Gasteiger partial charge on any atom is -0.497 e. The third-order valence-electron chi connectivity index (χ3n) is 4.96. The van der Waals surface area contributed by atoms with Gasteiger partial charge in [0.2, 0.25) is 0 Å². The number of piperazine rings is 1. The largest absolute Gasteiger partial charge is 0.497 e. The molecule has 6 heteroatoms. The standard InChI is InChI=1S/C20H27FN2O3/c1-15-3-5-19(26-15)14-22-8-9-23(17(13-22)7-10-24)12-16-4-6-18(25-2)11-20(16)21/h3-6,11,17,24H,7-10,12-14H2,1-2H3/t17-/m1/s1. The van der Waals surface area contributed by atoms with E-state index in [0.717, 1.165) is 37.7 Å². The first-order chi connectivity index (χ1) is 12.6. The van der Waals surface area contributed by atoms with Gasteiger partial charge in [-0.3, -0.25) is 9.80 Å². The Labute approximate surface area is 154 Å². The molecule has 0 unspecified atom stereocenters. The number of aryl methyl sites for hydroxylation is 1. The summed E-state index contributed by atoms with van der Waals surface area (Å²) in [6.45, 7) is 5.92. The number of benzene rings is 1. The van der Waals surface area contributed by atoms with Crippen LogP contribution in [0.3, 0.4) is 0 Å². The lowest BCUT2D eigenvalue weighted by Gasteiger charge is -2.41. The van der Waals surface area contributed by atoms with E-state index in [2.05, 4.69) is 9.80 Å². The van der Waals surface area contributed by atoms with Gasteiger partial charge in [-0.05, 0) is 31.5 Å². The zero-order valence-corrected chi connectivity index (χ0v) is 15.4. The van der Waals surface area contributed by atoms with Crippen molar-refractivity contribution in [2.24, 2.45) is 0 Å². The highest BCUT2D eigenvalue weighted by molar-refractivity contribution is 5.29. The molecular weight excluding hydrogens is 335 g/mol. The van der Waals surface area contributed by atoms with Crippen molar-refractivity contribution in [3.05, 3.63) is 53.2 Å². The van der Waals surface area contributed by atoms with Crippen molar-refractivity contribution in [2.45, 2.75) is 32.5 Å². The Balaban J connectivity index is 1.64. The lowest BCUT2D eigenvalue weighted by molar-refractivity contribution is 0.0461. The molecule has 0 bridgehead atoms. The summed E-state index contributed by atoms with van der Waals surface area (Å²) in [6, 6.07) is 9.16. The van der Waals surface area contributed by atoms with Crippen LogP contribution in [0.5, 0.6) is 5.75 Å². The van der Waals surface area contributed by atoms with E-state index in [4.69, 9.17) is 9.15 Å². The van der Waals surface area contributed by atoms with Crippen LogP contribution in [-0.2, 0) is 13.1 Å². The first-order valence-electron chi connectivity index (χ1n) is 9.04. The van der Waals surface area contributed by atoms with Crippen LogP contribution >= 0.6 is 0 Å². The van der Waals surface area contributed by atoms with Crippen molar-refractivity contribution >= 4 is 0 Å². The predicted octanol–water partition coefficient (Wildman–Crippen LogP) is 2.80. The van der Waals surface area contributed by atoms with Crippen molar-refractivity contribution < 1.29 is 18.7 Å². The van der Waals surface area contributed by atoms with E-state index < -0.39 is 0 Å². The van der Waals surface area contributed by atoms with E-state index in [1.54, 1.807) is 12.1 Å². The van der Waals surface area contributed by atoms with Crippen molar-refractivity contribution in [2.75, 3.05) is 33.4 Å². The van der Waals surface area contributed by atoms with Gasteiger partial charge in [0.1, 0.15) is 23.1 Å². The second kappa shape index (κ2) is 8.66. The Hall–Kier alpha value is -1.89. The van der Waals surface area contributed by atoms with E-state index in [-0.39, 0.29) is 18.5 Å². The number of ether oxygens (including phenoxy) is 1. The molecule has 5 nitrogen and oxygen atoms in total. The molecule has 2 heterocycles. The van der Waals surface area contributed by atoms with Crippen LogP contribution in [0.25, 0.3) is 0 Å². The van der Waals surface area contributed by atoms with Crippen LogP contribution < -0.4 is 4.74 Å². The zero-order chi connectivity index (χ0) is 18.5. The number of aliphatic hydroxyl groups excluding tert-OH is 1. The molecule has 0 amide bonds. The molecule has 0 aliphatic carbocycles. The minimum absolute atomic E-state index is 0.125. The molecule has 1 aliphatic rings. The quantitative estimate of drug-likeness (QED) is 0.821. The lowest BCUT2D eigenvalue weighted by atomic mass is 10.1. The fourth-order valence-corrected chi connectivity index (χ4v) is 3.52. The average molecular weight is 362 g/mol. The maximum absolute atomic E-state index is 14.3. The first kappa shape index (κ1) is 18.9. The third kappa shape index (κ3) is 4.63. The highest BCUT2D eigenvalue weighted by Gasteiger charge is 2.27. The third-order valence-corrected chi connectivity index (χ3v) is 4.96. The molecule has 1 fully saturated rings. The fraction of sp³-hybridized carbons (Fsp3) is 0.500. The summed E-state index contributed by atoms with van der Waals surface area (Å²) >= 11 is 0. The van der Waals surface area contributed by atoms with Crippen LogP contribution in [0.15, 0.2) is 34.7 Å². The van der Waals surface area contributed by atoms with Crippen LogP contribution in [-0.4, -0.2) is 54.3 Å². The van der Waals surface area contributed by atoms with Crippen molar-refractivity contribution in [3.8, 4) is 5.75 Å². The van der Waals surface area contributed by atoms with Gasteiger partial charge in [-0.25, -0.2) is 4.39 Å². The highest BCUT2D eigenvalue weighted by Crippen LogP contribution is 2.22. The van der Waals surface area contributed by atoms with Crippen LogP contribution in [0, 0.1) is 12.7 Å². The molecule has 1 aromatic carbocycles. The van der Waals surface area contributed by atoms with Crippen molar-refractivity contribution in [1.82, 2.24) is 9.80 Å². The number of halogens is 1. The van der Waals surface area contributed by atoms with E-state index in [1.807, 2.05) is 19.1 Å². The maximum Gasteiger partial charge on any atom is 0.131 e. The smallest absolute Gasteiger partial charge is 0.131 e. The maximum atomic E-state index is 14.3. The fourth-order valence-electron chi connectivity index (χ4n) is 3.52. The molecule has 1 N–H and O–H groups in total. The van der Waals surface area contributed by atoms with Gasteiger partial charge in [-0.1, -0.05) is 6.07 Å². The molecule has 3 rings (SSSR count). The molecule has 142 valence electrons. The number of aliphatic hydroxyl groups is 1. The van der Waals surface area contributed by atoms with Gasteiger partial charge in [-0.15, -0.1) is 0 Å². The Morgan fingerprint density at radius 3 is 2.73 bits per heavy atom. The summed E-state index contributed by atoms with van der Waals surface area (Å²) in [6.07, 6.45) is 0.672. The predicted molar refractivity (Wildman–Crippen MR) is 97.6 cm³/mol. The number of methoxy groups -OCH3 is 1. The molecule has 1 saturated heterocycles. The summed E-state index contributed by atoms with van der Waals surface area (Å²) in [5, 5.41) is 9.45. The summed E-state index contributed by atoms with van der Waals surface area (Å²) in [5.41, 5.74) is 0.656. The molecule has 0 radical (unpaired) electrons. The number of rotatable bonds is 7. The Morgan fingerprint density at radius 1 is 1.23 bits per heavy atom. The highest BCUT2D eigenvalue weighted by atomic mass is 19.1. The topological polar surface area (TPSA) is 49.1 Å². The SMILES string of the molecule is COc1ccc(CN2CCN(Cc3ccc(C)o3)C[C@H]2CCO)c(F)c1. The second-order valence-corrected chi connectivity index (χ2v) is 6.84. The number of hydrogen-bond donors (Lipinski definition) is 1. The molecular formula is C20H27FN2O3. The molecule has 1 atom stereocenters. The minimum atomic E-state index is -0.249. The monoisotopic (exact) mass is 362 g/mol. The first-order valence-corrected chi connectivity index (χ1v) is 9.04. The van der Waals surface area contributed by atoms with E-state index in [9.17, 15) is 9.50 Å². The number of furan rings is 1. The molecule has 0 saturated carbocycles. The van der Waals surface area contributed by atoms with Gasteiger partial charge in [0.15, 0.2) is 0 Å². The Morgan fingerprint density at radius 2 is 2.08 bits per heavy atom. The van der Waals surface area contributed by atoms with Crippen LogP contribution in [0.1, 0.15) is 23.5 Å². The Bertz CT molecular complexity index is 719. The molecule has 1 aromatic heterocycles. The second-order valence-electron chi connectivity index (χ2n) is 6.84. The molecule has 26 heavy (non-hydrogen) atoms. The van der Waals surface area contributed by atoms with Crippen molar-refractivity contribution in [3.63, 3.8) is 0 Å². The van der Waals surface area contributed by atoms with Crippen molar-refractivity contribution in [1.29, 1.82) is 0 Å². The average Bonchev–Trinajstić information content (AvgIpc) is 3.03. The number of hydrogen-bond acceptors (Lipinski definition) is 5. The van der Waals surface area contributed by atoms with Crippen LogP contribution in [0.2, 0.25) is 0 Å². The van der Waals surface area contributed by atoms with Gasteiger partial charge in [-0.2, -0.15) is 0 Å². The van der Waals surface area contributed by atoms with E-state index in [1.165, 1.54) is 13.2 Å². The summed E-state index contributed by atoms with van der Waals surface area (Å²) in [5.74, 6) is 2.15. The van der Waals surface area contributed by atoms with Gasteiger partial charge >= 0.3 is 0 Å². The lowest BCUT2D eigenvalue weighted by Crippen LogP contribution is -2.52. The molecule has 2 aromatic rings. The molecule has 0 spiro atoms. The van der Waals surface area contributed by atoms with Gasteiger partial charge < -0.3 is 14.3 Å². The molecule has 1 aliphatic heterocycles. The number of nitrogens with zero attached hydrogens (tertiary/aromatic N) is 2. The summed E-state index contributed by atoms with van der Waals surface area (Å²) in [4.78, 5) is 4.59. The van der Waals surface area contributed by atoms with E-state index in [0.29, 0.717) is 24.3 Å². The normalized spacial score (nSPS) is 19.0.